The molecule has 0 heterocycles. The Morgan fingerprint density at radius 1 is 1.26 bits per heavy atom. The molecule has 1 aliphatic carbocycles. The van der Waals surface area contributed by atoms with E-state index >= 15 is 0 Å². The summed E-state index contributed by atoms with van der Waals surface area (Å²) >= 11 is 0. The van der Waals surface area contributed by atoms with Crippen molar-refractivity contribution in [1.29, 1.82) is 0 Å². The molecule has 0 aliphatic heterocycles. The highest BCUT2D eigenvalue weighted by Gasteiger charge is 2.25. The lowest BCUT2D eigenvalue weighted by Crippen LogP contribution is -2.32. The van der Waals surface area contributed by atoms with Crippen LogP contribution in [-0.2, 0) is 11.2 Å². The van der Waals surface area contributed by atoms with Gasteiger partial charge in [0.1, 0.15) is 5.78 Å². The molecule has 19 heavy (non-hydrogen) atoms. The van der Waals surface area contributed by atoms with Gasteiger partial charge in [0.05, 0.1) is 0 Å². The minimum Gasteiger partial charge on any atom is -0.328 e. The highest BCUT2D eigenvalue weighted by Crippen LogP contribution is 2.25. The Morgan fingerprint density at radius 3 is 2.53 bits per heavy atom. The molecule has 0 radical (unpaired) electrons. The first-order chi connectivity index (χ1) is 9.06. The summed E-state index contributed by atoms with van der Waals surface area (Å²) in [6.45, 7) is 4.37. The van der Waals surface area contributed by atoms with Gasteiger partial charge in [-0.3, -0.25) is 4.79 Å². The van der Waals surface area contributed by atoms with Crippen LogP contribution in [0.3, 0.4) is 0 Å². The van der Waals surface area contributed by atoms with Gasteiger partial charge >= 0.3 is 0 Å². The predicted molar refractivity (Wildman–Crippen MR) is 79.2 cm³/mol. The SMILES string of the molecule is CC(C)c1ccc(CC(=O)C2CCCC(N)C2)cc1. The number of hydrogen-bond acceptors (Lipinski definition) is 2. The minimum absolute atomic E-state index is 0.188. The monoisotopic (exact) mass is 259 g/mol. The Morgan fingerprint density at radius 2 is 1.95 bits per heavy atom. The lowest BCUT2D eigenvalue weighted by atomic mass is 9.82. The average molecular weight is 259 g/mol. The van der Waals surface area contributed by atoms with Crippen LogP contribution < -0.4 is 5.73 Å². The van der Waals surface area contributed by atoms with Crippen LogP contribution >= 0.6 is 0 Å². The first-order valence-electron chi connectivity index (χ1n) is 7.43. The second-order valence-electron chi connectivity index (χ2n) is 6.16. The summed E-state index contributed by atoms with van der Waals surface area (Å²) < 4.78 is 0. The Labute approximate surface area is 116 Å². The van der Waals surface area contributed by atoms with E-state index in [4.69, 9.17) is 5.73 Å². The smallest absolute Gasteiger partial charge is 0.140 e. The highest BCUT2D eigenvalue weighted by molar-refractivity contribution is 5.83. The standard InChI is InChI=1S/C17H25NO/c1-12(2)14-8-6-13(7-9-14)10-17(19)15-4-3-5-16(18)11-15/h6-9,12,15-16H,3-5,10-11,18H2,1-2H3. The van der Waals surface area contributed by atoms with Crippen molar-refractivity contribution in [3.8, 4) is 0 Å². The summed E-state index contributed by atoms with van der Waals surface area (Å²) in [5, 5.41) is 0. The van der Waals surface area contributed by atoms with Crippen LogP contribution in [0.15, 0.2) is 24.3 Å². The van der Waals surface area contributed by atoms with E-state index in [2.05, 4.69) is 38.1 Å². The fourth-order valence-electron chi connectivity index (χ4n) is 2.89. The quantitative estimate of drug-likeness (QED) is 0.900. The Hall–Kier alpha value is -1.15. The third-order valence-electron chi connectivity index (χ3n) is 4.19. The van der Waals surface area contributed by atoms with E-state index in [1.807, 2.05) is 0 Å². The van der Waals surface area contributed by atoms with Gasteiger partial charge in [0.25, 0.3) is 0 Å². The van der Waals surface area contributed by atoms with Gasteiger partial charge in [0.2, 0.25) is 0 Å². The Balaban J connectivity index is 1.94. The largest absolute Gasteiger partial charge is 0.328 e. The zero-order chi connectivity index (χ0) is 13.8. The van der Waals surface area contributed by atoms with E-state index in [-0.39, 0.29) is 12.0 Å². The summed E-state index contributed by atoms with van der Waals surface area (Å²) in [7, 11) is 0. The normalized spacial score (nSPS) is 23.6. The van der Waals surface area contributed by atoms with Crippen LogP contribution in [0.5, 0.6) is 0 Å². The van der Waals surface area contributed by atoms with Crippen molar-refractivity contribution in [2.45, 2.75) is 57.9 Å². The Kier molecular flexibility index (Phi) is 4.76. The second-order valence-corrected chi connectivity index (χ2v) is 6.16. The number of carbonyl (C=O) groups is 1. The maximum absolute atomic E-state index is 12.3. The first-order valence-corrected chi connectivity index (χ1v) is 7.43. The summed E-state index contributed by atoms with van der Waals surface area (Å²) in [5.41, 5.74) is 8.42. The van der Waals surface area contributed by atoms with Crippen LogP contribution in [-0.4, -0.2) is 11.8 Å². The summed E-state index contributed by atoms with van der Waals surface area (Å²) in [5.74, 6) is 1.10. The first kappa shape index (κ1) is 14.3. The van der Waals surface area contributed by atoms with Crippen LogP contribution in [0.2, 0.25) is 0 Å². The fraction of sp³-hybridized carbons (Fsp3) is 0.588. The van der Waals surface area contributed by atoms with Gasteiger partial charge in [-0.05, 0) is 36.3 Å². The van der Waals surface area contributed by atoms with Crippen molar-refractivity contribution in [2.75, 3.05) is 0 Å². The molecular formula is C17H25NO. The van der Waals surface area contributed by atoms with E-state index in [1.54, 1.807) is 0 Å². The molecule has 0 amide bonds. The zero-order valence-electron chi connectivity index (χ0n) is 12.1. The van der Waals surface area contributed by atoms with Crippen LogP contribution in [0.4, 0.5) is 0 Å². The lowest BCUT2D eigenvalue weighted by molar-refractivity contribution is -0.123. The van der Waals surface area contributed by atoms with Gasteiger partial charge in [-0.15, -0.1) is 0 Å². The van der Waals surface area contributed by atoms with Gasteiger partial charge < -0.3 is 5.73 Å². The van der Waals surface area contributed by atoms with Gasteiger partial charge in [0.15, 0.2) is 0 Å². The molecule has 0 spiro atoms. The molecular weight excluding hydrogens is 234 g/mol. The molecule has 0 saturated heterocycles. The van der Waals surface area contributed by atoms with Crippen LogP contribution in [0, 0.1) is 5.92 Å². The topological polar surface area (TPSA) is 43.1 Å². The van der Waals surface area contributed by atoms with Crippen molar-refractivity contribution in [3.63, 3.8) is 0 Å². The molecule has 104 valence electrons. The van der Waals surface area contributed by atoms with Gasteiger partial charge in [0, 0.05) is 18.4 Å². The number of benzene rings is 1. The fourth-order valence-corrected chi connectivity index (χ4v) is 2.89. The molecule has 1 aromatic carbocycles. The summed E-state index contributed by atoms with van der Waals surface area (Å²) in [6.07, 6.45) is 4.64. The molecule has 1 fully saturated rings. The van der Waals surface area contributed by atoms with E-state index in [9.17, 15) is 4.79 Å². The van der Waals surface area contributed by atoms with Gasteiger partial charge in [-0.1, -0.05) is 44.5 Å². The number of rotatable bonds is 4. The lowest BCUT2D eigenvalue weighted by Gasteiger charge is -2.25. The Bertz CT molecular complexity index is 421. The molecule has 2 unspecified atom stereocenters. The predicted octanol–water partition coefficient (Wildman–Crippen LogP) is 3.44. The molecule has 1 saturated carbocycles. The van der Waals surface area contributed by atoms with Crippen LogP contribution in [0.25, 0.3) is 0 Å². The van der Waals surface area contributed by atoms with Crippen molar-refractivity contribution in [1.82, 2.24) is 0 Å². The van der Waals surface area contributed by atoms with Gasteiger partial charge in [-0.2, -0.15) is 0 Å². The zero-order valence-corrected chi connectivity index (χ0v) is 12.1. The van der Waals surface area contributed by atoms with Crippen molar-refractivity contribution in [3.05, 3.63) is 35.4 Å². The van der Waals surface area contributed by atoms with E-state index in [0.29, 0.717) is 18.1 Å². The molecule has 2 nitrogen and oxygen atoms in total. The van der Waals surface area contributed by atoms with Crippen molar-refractivity contribution < 1.29 is 4.79 Å². The molecule has 1 aromatic rings. The highest BCUT2D eigenvalue weighted by atomic mass is 16.1. The van der Waals surface area contributed by atoms with Crippen molar-refractivity contribution >= 4 is 5.78 Å². The van der Waals surface area contributed by atoms with Crippen molar-refractivity contribution in [2.24, 2.45) is 11.7 Å². The molecule has 2 atom stereocenters. The number of ketones is 1. The molecule has 2 N–H and O–H groups in total. The number of Topliss-reactive ketones (excluding diaryl/α,β-unsaturated/α-hetero) is 1. The minimum atomic E-state index is 0.188. The number of nitrogens with two attached hydrogens (primary N) is 1. The van der Waals surface area contributed by atoms with Crippen LogP contribution in [0.1, 0.15) is 56.6 Å². The molecule has 0 bridgehead atoms. The summed E-state index contributed by atoms with van der Waals surface area (Å²) in [4.78, 5) is 12.3. The summed E-state index contributed by atoms with van der Waals surface area (Å²) in [6, 6.07) is 8.69. The average Bonchev–Trinajstić information content (AvgIpc) is 2.39. The number of carbonyl (C=O) groups excluding carboxylic acids is 1. The van der Waals surface area contributed by atoms with E-state index < -0.39 is 0 Å². The molecule has 0 aromatic heterocycles. The molecule has 1 aliphatic rings. The maximum atomic E-state index is 12.3. The maximum Gasteiger partial charge on any atom is 0.140 e. The molecule has 2 rings (SSSR count). The second kappa shape index (κ2) is 6.33. The van der Waals surface area contributed by atoms with E-state index in [1.165, 1.54) is 5.56 Å². The van der Waals surface area contributed by atoms with E-state index in [0.717, 1.165) is 31.2 Å². The van der Waals surface area contributed by atoms with Gasteiger partial charge in [-0.25, -0.2) is 0 Å². The molecule has 2 heteroatoms. The number of hydrogen-bond donors (Lipinski definition) is 1. The third kappa shape index (κ3) is 3.90. The third-order valence-corrected chi connectivity index (χ3v) is 4.19.